The van der Waals surface area contributed by atoms with Gasteiger partial charge in [0.15, 0.2) is 0 Å². The average Bonchev–Trinajstić information content (AvgIpc) is 2.76. The summed E-state index contributed by atoms with van der Waals surface area (Å²) in [4.78, 5) is 25.3. The highest BCUT2D eigenvalue weighted by atomic mass is 16.3. The van der Waals surface area contributed by atoms with E-state index in [1.165, 1.54) is 4.57 Å². The van der Waals surface area contributed by atoms with E-state index in [1.807, 2.05) is 27.7 Å². The number of pyridine rings is 1. The third kappa shape index (κ3) is 4.21. The van der Waals surface area contributed by atoms with Crippen LogP contribution in [0.5, 0.6) is 0 Å². The SMILES string of the molecule is CC1=C(C(=O)NC(C)(C)C)c2c(C#CC(C)(C)O)cn(C)c(=O)c2C1. The van der Waals surface area contributed by atoms with Gasteiger partial charge in [-0.05, 0) is 41.5 Å². The summed E-state index contributed by atoms with van der Waals surface area (Å²) < 4.78 is 1.48. The summed E-state index contributed by atoms with van der Waals surface area (Å²) in [6, 6.07) is 0. The molecule has 1 aromatic rings. The molecule has 0 aliphatic heterocycles. The Hall–Kier alpha value is -2.32. The van der Waals surface area contributed by atoms with Crippen molar-refractivity contribution in [1.29, 1.82) is 0 Å². The molecule has 1 amide bonds. The number of nitrogens with zero attached hydrogens (tertiary/aromatic N) is 1. The number of allylic oxidation sites excluding steroid dienone is 1. The predicted octanol–water partition coefficient (Wildman–Crippen LogP) is 1.75. The van der Waals surface area contributed by atoms with E-state index in [0.717, 1.165) is 5.57 Å². The first kappa shape index (κ1) is 19.0. The number of amides is 1. The molecular weight excluding hydrogens is 316 g/mol. The number of hydrogen-bond donors (Lipinski definition) is 2. The second kappa shape index (κ2) is 6.20. The van der Waals surface area contributed by atoms with Crippen LogP contribution in [0.2, 0.25) is 0 Å². The van der Waals surface area contributed by atoms with Gasteiger partial charge in [0.1, 0.15) is 5.60 Å². The maximum atomic E-state index is 12.8. The van der Waals surface area contributed by atoms with Crippen LogP contribution >= 0.6 is 0 Å². The minimum Gasteiger partial charge on any atom is -0.378 e. The van der Waals surface area contributed by atoms with Crippen LogP contribution in [0.1, 0.15) is 58.2 Å². The van der Waals surface area contributed by atoms with Crippen molar-refractivity contribution in [2.24, 2.45) is 7.05 Å². The number of carbonyl (C=O) groups excluding carboxylic acids is 1. The molecule has 2 rings (SSSR count). The molecule has 0 radical (unpaired) electrons. The zero-order chi connectivity index (χ0) is 19.2. The molecule has 1 aliphatic carbocycles. The molecule has 134 valence electrons. The Labute approximate surface area is 148 Å². The second-order valence-corrected chi connectivity index (χ2v) is 8.16. The quantitative estimate of drug-likeness (QED) is 0.764. The predicted molar refractivity (Wildman–Crippen MR) is 99.1 cm³/mol. The zero-order valence-corrected chi connectivity index (χ0v) is 16.0. The minimum atomic E-state index is -1.16. The molecule has 1 aliphatic rings. The number of fused-ring (bicyclic) bond motifs is 1. The van der Waals surface area contributed by atoms with Crippen LogP contribution in [-0.4, -0.2) is 26.7 Å². The van der Waals surface area contributed by atoms with Crippen LogP contribution in [0.15, 0.2) is 16.6 Å². The fourth-order valence-corrected chi connectivity index (χ4v) is 2.84. The summed E-state index contributed by atoms with van der Waals surface area (Å²) in [6.07, 6.45) is 2.07. The van der Waals surface area contributed by atoms with Gasteiger partial charge in [0.25, 0.3) is 11.5 Å². The van der Waals surface area contributed by atoms with Crippen molar-refractivity contribution >= 4 is 11.5 Å². The second-order valence-electron chi connectivity index (χ2n) is 8.16. The lowest BCUT2D eigenvalue weighted by molar-refractivity contribution is -0.116. The third-order valence-electron chi connectivity index (χ3n) is 3.81. The van der Waals surface area contributed by atoms with Gasteiger partial charge in [-0.25, -0.2) is 0 Å². The van der Waals surface area contributed by atoms with Crippen molar-refractivity contribution < 1.29 is 9.90 Å². The number of aliphatic hydroxyl groups is 1. The Bertz CT molecular complexity index is 879. The lowest BCUT2D eigenvalue weighted by Gasteiger charge is -2.22. The third-order valence-corrected chi connectivity index (χ3v) is 3.81. The largest absolute Gasteiger partial charge is 0.378 e. The Balaban J connectivity index is 2.67. The van der Waals surface area contributed by atoms with Crippen LogP contribution < -0.4 is 10.9 Å². The summed E-state index contributed by atoms with van der Waals surface area (Å²) in [7, 11) is 1.67. The van der Waals surface area contributed by atoms with Crippen molar-refractivity contribution in [3.8, 4) is 11.8 Å². The Morgan fingerprint density at radius 3 is 2.40 bits per heavy atom. The highest BCUT2D eigenvalue weighted by Gasteiger charge is 2.31. The molecule has 5 heteroatoms. The van der Waals surface area contributed by atoms with Crippen LogP contribution in [0.3, 0.4) is 0 Å². The Morgan fingerprint density at radius 1 is 1.28 bits per heavy atom. The normalized spacial score (nSPS) is 14.1. The van der Waals surface area contributed by atoms with Crippen molar-refractivity contribution in [2.75, 3.05) is 0 Å². The van der Waals surface area contributed by atoms with Gasteiger partial charge in [0, 0.05) is 47.5 Å². The first-order chi connectivity index (χ1) is 11.3. The van der Waals surface area contributed by atoms with Gasteiger partial charge in [-0.15, -0.1) is 0 Å². The first-order valence-corrected chi connectivity index (χ1v) is 8.31. The molecule has 0 aromatic carbocycles. The number of carbonyl (C=O) groups is 1. The molecule has 1 aromatic heterocycles. The van der Waals surface area contributed by atoms with Gasteiger partial charge in [-0.1, -0.05) is 17.4 Å². The van der Waals surface area contributed by atoms with Gasteiger partial charge in [-0.2, -0.15) is 0 Å². The van der Waals surface area contributed by atoms with E-state index in [1.54, 1.807) is 27.1 Å². The standard InChI is InChI=1S/C20H26N2O3/c1-12-10-14-16(15(12)17(23)21-19(2,3)4)13(8-9-20(5,6)25)11-22(7)18(14)24/h11,25H,10H2,1-7H3,(H,21,23). The number of aromatic nitrogens is 1. The van der Waals surface area contributed by atoms with E-state index >= 15 is 0 Å². The molecule has 2 N–H and O–H groups in total. The highest BCUT2D eigenvalue weighted by molar-refractivity contribution is 6.22. The number of rotatable bonds is 1. The smallest absolute Gasteiger partial charge is 0.254 e. The van der Waals surface area contributed by atoms with E-state index in [0.29, 0.717) is 28.7 Å². The number of hydrogen-bond acceptors (Lipinski definition) is 3. The average molecular weight is 342 g/mol. The monoisotopic (exact) mass is 342 g/mol. The van der Waals surface area contributed by atoms with Crippen LogP contribution in [-0.2, 0) is 18.3 Å². The maximum Gasteiger partial charge on any atom is 0.254 e. The molecule has 0 saturated heterocycles. The lowest BCUT2D eigenvalue weighted by atomic mass is 9.98. The fraction of sp³-hybridized carbons (Fsp3) is 0.500. The molecular formula is C20H26N2O3. The minimum absolute atomic E-state index is 0.123. The Morgan fingerprint density at radius 2 is 1.88 bits per heavy atom. The van der Waals surface area contributed by atoms with E-state index < -0.39 is 5.60 Å². The Kier molecular flexibility index (Phi) is 4.71. The summed E-state index contributed by atoms with van der Waals surface area (Å²) in [5.41, 5.74) is 1.46. The summed E-state index contributed by atoms with van der Waals surface area (Å²) in [5.74, 6) is 5.52. The molecule has 0 spiro atoms. The van der Waals surface area contributed by atoms with Gasteiger partial charge < -0.3 is 15.0 Å². The maximum absolute atomic E-state index is 12.8. The van der Waals surface area contributed by atoms with Gasteiger partial charge in [0.05, 0.1) is 0 Å². The molecule has 0 atom stereocenters. The van der Waals surface area contributed by atoms with Crippen molar-refractivity contribution in [1.82, 2.24) is 9.88 Å². The molecule has 0 fully saturated rings. The van der Waals surface area contributed by atoms with Gasteiger partial charge >= 0.3 is 0 Å². The van der Waals surface area contributed by atoms with Crippen molar-refractivity contribution in [3.05, 3.63) is 38.8 Å². The summed E-state index contributed by atoms with van der Waals surface area (Å²) in [5, 5.41) is 12.9. The van der Waals surface area contributed by atoms with Crippen LogP contribution in [0.4, 0.5) is 0 Å². The number of nitrogens with one attached hydrogen (secondary N) is 1. The zero-order valence-electron chi connectivity index (χ0n) is 16.0. The van der Waals surface area contributed by atoms with Gasteiger partial charge in [-0.3, -0.25) is 9.59 Å². The van der Waals surface area contributed by atoms with E-state index in [9.17, 15) is 14.7 Å². The highest BCUT2D eigenvalue weighted by Crippen LogP contribution is 2.33. The number of aryl methyl sites for hydroxylation is 1. The summed E-state index contributed by atoms with van der Waals surface area (Å²) >= 11 is 0. The molecule has 25 heavy (non-hydrogen) atoms. The fourth-order valence-electron chi connectivity index (χ4n) is 2.84. The first-order valence-electron chi connectivity index (χ1n) is 8.31. The lowest BCUT2D eigenvalue weighted by Crippen LogP contribution is -2.41. The molecule has 1 heterocycles. The topological polar surface area (TPSA) is 71.3 Å². The van der Waals surface area contributed by atoms with Crippen molar-refractivity contribution in [3.63, 3.8) is 0 Å². The van der Waals surface area contributed by atoms with E-state index in [2.05, 4.69) is 17.2 Å². The van der Waals surface area contributed by atoms with Crippen molar-refractivity contribution in [2.45, 2.75) is 59.1 Å². The molecule has 0 unspecified atom stereocenters. The molecule has 0 saturated carbocycles. The van der Waals surface area contributed by atoms with E-state index in [4.69, 9.17) is 0 Å². The van der Waals surface area contributed by atoms with E-state index in [-0.39, 0.29) is 17.0 Å². The van der Waals surface area contributed by atoms with Crippen LogP contribution in [0.25, 0.3) is 5.57 Å². The molecule has 0 bridgehead atoms. The van der Waals surface area contributed by atoms with Gasteiger partial charge in [0.2, 0.25) is 0 Å². The summed E-state index contributed by atoms with van der Waals surface area (Å²) in [6.45, 7) is 10.8. The molecule has 5 nitrogen and oxygen atoms in total. The van der Waals surface area contributed by atoms with Crippen LogP contribution in [0, 0.1) is 11.8 Å².